The van der Waals surface area contributed by atoms with Gasteiger partial charge in [-0.1, -0.05) is 0 Å². The normalized spacial score (nSPS) is 18.2. The Morgan fingerprint density at radius 1 is 1.50 bits per heavy atom. The molecule has 7 nitrogen and oxygen atoms in total. The fourth-order valence-corrected chi connectivity index (χ4v) is 1.40. The average molecular weight is 229 g/mol. The van der Waals surface area contributed by atoms with E-state index in [2.05, 4.69) is 5.32 Å². The third-order valence-electron chi connectivity index (χ3n) is 2.30. The van der Waals surface area contributed by atoms with E-state index in [0.29, 0.717) is 0 Å². The van der Waals surface area contributed by atoms with E-state index in [1.54, 1.807) is 0 Å². The van der Waals surface area contributed by atoms with Crippen molar-refractivity contribution in [2.24, 2.45) is 5.73 Å². The van der Waals surface area contributed by atoms with E-state index < -0.39 is 11.8 Å². The fourth-order valence-electron chi connectivity index (χ4n) is 1.40. The van der Waals surface area contributed by atoms with Crippen molar-refractivity contribution in [2.45, 2.75) is 12.5 Å². The molecule has 1 fully saturated rings. The SMILES string of the molecule is COC(CN)CC(=O)N1CC(=O)NC(=O)C1. The molecule has 7 heteroatoms. The van der Waals surface area contributed by atoms with Gasteiger partial charge in [0.05, 0.1) is 12.5 Å². The van der Waals surface area contributed by atoms with Gasteiger partial charge in [0.15, 0.2) is 0 Å². The predicted molar refractivity (Wildman–Crippen MR) is 54.2 cm³/mol. The molecule has 0 radical (unpaired) electrons. The predicted octanol–water partition coefficient (Wildman–Crippen LogP) is -2.16. The maximum atomic E-state index is 11.7. The molecule has 0 aromatic carbocycles. The van der Waals surface area contributed by atoms with Crippen molar-refractivity contribution < 1.29 is 19.1 Å². The molecule has 0 aromatic rings. The standard InChI is InChI=1S/C9H15N3O4/c1-16-6(3-10)2-9(15)12-4-7(13)11-8(14)5-12/h6H,2-5,10H2,1H3,(H,11,13,14). The summed E-state index contributed by atoms with van der Waals surface area (Å²) in [6.07, 6.45) is -0.305. The van der Waals surface area contributed by atoms with Crippen LogP contribution in [0.15, 0.2) is 0 Å². The summed E-state index contributed by atoms with van der Waals surface area (Å²) in [6, 6.07) is 0. The van der Waals surface area contributed by atoms with Crippen LogP contribution in [0.5, 0.6) is 0 Å². The smallest absolute Gasteiger partial charge is 0.246 e. The van der Waals surface area contributed by atoms with Crippen molar-refractivity contribution in [1.82, 2.24) is 10.2 Å². The monoisotopic (exact) mass is 229 g/mol. The number of piperazine rings is 1. The van der Waals surface area contributed by atoms with Gasteiger partial charge in [-0.25, -0.2) is 0 Å². The van der Waals surface area contributed by atoms with E-state index in [4.69, 9.17) is 10.5 Å². The highest BCUT2D eigenvalue weighted by molar-refractivity contribution is 6.02. The summed E-state index contributed by atoms with van der Waals surface area (Å²) in [4.78, 5) is 34.9. The summed E-state index contributed by atoms with van der Waals surface area (Å²) in [7, 11) is 1.46. The van der Waals surface area contributed by atoms with Gasteiger partial charge in [0, 0.05) is 13.7 Å². The summed E-state index contributed by atoms with van der Waals surface area (Å²) in [6.45, 7) is 0.0351. The number of imide groups is 1. The minimum Gasteiger partial charge on any atom is -0.380 e. The molecule has 1 heterocycles. The molecular weight excluding hydrogens is 214 g/mol. The zero-order valence-electron chi connectivity index (χ0n) is 9.06. The van der Waals surface area contributed by atoms with Crippen LogP contribution in [-0.2, 0) is 19.1 Å². The molecule has 1 unspecified atom stereocenters. The molecule has 0 saturated carbocycles. The molecule has 3 amide bonds. The average Bonchev–Trinajstić information content (AvgIpc) is 2.24. The van der Waals surface area contributed by atoms with Crippen molar-refractivity contribution >= 4 is 17.7 Å². The van der Waals surface area contributed by atoms with Gasteiger partial charge in [-0.3, -0.25) is 19.7 Å². The molecule has 1 saturated heterocycles. The second kappa shape index (κ2) is 5.57. The lowest BCUT2D eigenvalue weighted by atomic mass is 10.2. The number of amides is 3. The first-order chi connectivity index (χ1) is 7.56. The first-order valence-electron chi connectivity index (χ1n) is 4.90. The van der Waals surface area contributed by atoms with Crippen LogP contribution >= 0.6 is 0 Å². The number of rotatable bonds is 4. The maximum Gasteiger partial charge on any atom is 0.246 e. The maximum absolute atomic E-state index is 11.7. The number of ether oxygens (including phenoxy) is 1. The summed E-state index contributed by atoms with van der Waals surface area (Å²) >= 11 is 0. The van der Waals surface area contributed by atoms with Gasteiger partial charge in [-0.05, 0) is 0 Å². The van der Waals surface area contributed by atoms with Crippen LogP contribution in [0, 0.1) is 0 Å². The lowest BCUT2D eigenvalue weighted by molar-refractivity contribution is -0.146. The number of nitrogens with two attached hydrogens (primary N) is 1. The van der Waals surface area contributed by atoms with Crippen LogP contribution in [0.3, 0.4) is 0 Å². The molecule has 1 aliphatic rings. The quantitative estimate of drug-likeness (QED) is 0.534. The third kappa shape index (κ3) is 3.28. The molecule has 1 aliphatic heterocycles. The van der Waals surface area contributed by atoms with Gasteiger partial charge in [-0.15, -0.1) is 0 Å². The summed E-state index contributed by atoms with van der Waals surface area (Å²) in [5.74, 6) is -1.24. The second-order valence-corrected chi connectivity index (χ2v) is 3.52. The molecule has 1 rings (SSSR count). The van der Waals surface area contributed by atoms with E-state index >= 15 is 0 Å². The highest BCUT2D eigenvalue weighted by Crippen LogP contribution is 2.03. The number of carbonyl (C=O) groups excluding carboxylic acids is 3. The molecular formula is C9H15N3O4. The van der Waals surface area contributed by atoms with E-state index in [9.17, 15) is 14.4 Å². The Kier molecular flexibility index (Phi) is 4.39. The van der Waals surface area contributed by atoms with Crippen molar-refractivity contribution in [1.29, 1.82) is 0 Å². The van der Waals surface area contributed by atoms with Crippen LogP contribution in [0.2, 0.25) is 0 Å². The molecule has 0 bridgehead atoms. The Labute approximate surface area is 92.9 Å². The van der Waals surface area contributed by atoms with Crippen molar-refractivity contribution in [3.05, 3.63) is 0 Å². The van der Waals surface area contributed by atoms with Crippen LogP contribution in [0.4, 0.5) is 0 Å². The van der Waals surface area contributed by atoms with Crippen molar-refractivity contribution in [3.63, 3.8) is 0 Å². The summed E-state index contributed by atoms with van der Waals surface area (Å²) in [5, 5.41) is 2.12. The highest BCUT2D eigenvalue weighted by Gasteiger charge is 2.27. The van der Waals surface area contributed by atoms with E-state index in [1.807, 2.05) is 0 Å². The van der Waals surface area contributed by atoms with Gasteiger partial charge in [-0.2, -0.15) is 0 Å². The van der Waals surface area contributed by atoms with Gasteiger partial charge < -0.3 is 15.4 Å². The van der Waals surface area contributed by atoms with E-state index in [0.717, 1.165) is 0 Å². The Morgan fingerprint density at radius 3 is 2.50 bits per heavy atom. The molecule has 0 spiro atoms. The van der Waals surface area contributed by atoms with Crippen molar-refractivity contribution in [3.8, 4) is 0 Å². The molecule has 1 atom stereocenters. The molecule has 0 aliphatic carbocycles. The molecule has 0 aromatic heterocycles. The van der Waals surface area contributed by atoms with Crippen LogP contribution in [-0.4, -0.2) is 55.5 Å². The summed E-state index contributed by atoms with van der Waals surface area (Å²) < 4.78 is 4.96. The van der Waals surface area contributed by atoms with E-state index in [-0.39, 0.29) is 38.1 Å². The Balaban J connectivity index is 2.53. The van der Waals surface area contributed by atoms with Gasteiger partial charge >= 0.3 is 0 Å². The zero-order valence-corrected chi connectivity index (χ0v) is 9.06. The van der Waals surface area contributed by atoms with Gasteiger partial charge in [0.1, 0.15) is 13.1 Å². The van der Waals surface area contributed by atoms with Crippen LogP contribution in [0.1, 0.15) is 6.42 Å². The van der Waals surface area contributed by atoms with Crippen LogP contribution < -0.4 is 11.1 Å². The Morgan fingerprint density at radius 2 is 2.06 bits per heavy atom. The second-order valence-electron chi connectivity index (χ2n) is 3.52. The minimum absolute atomic E-state index is 0.0769. The minimum atomic E-state index is -0.466. The lowest BCUT2D eigenvalue weighted by Gasteiger charge is -2.26. The van der Waals surface area contributed by atoms with Crippen LogP contribution in [0.25, 0.3) is 0 Å². The number of methoxy groups -OCH3 is 1. The zero-order chi connectivity index (χ0) is 12.1. The molecule has 3 N–H and O–H groups in total. The first-order valence-corrected chi connectivity index (χ1v) is 4.90. The Bertz CT molecular complexity index is 285. The third-order valence-corrected chi connectivity index (χ3v) is 2.30. The van der Waals surface area contributed by atoms with Gasteiger partial charge in [0.25, 0.3) is 0 Å². The number of nitrogens with one attached hydrogen (secondary N) is 1. The lowest BCUT2D eigenvalue weighted by Crippen LogP contribution is -2.53. The number of hydrogen-bond acceptors (Lipinski definition) is 5. The number of nitrogens with zero attached hydrogens (tertiary/aromatic N) is 1. The van der Waals surface area contributed by atoms with Crippen molar-refractivity contribution in [2.75, 3.05) is 26.7 Å². The topological polar surface area (TPSA) is 102 Å². The fraction of sp³-hybridized carbons (Fsp3) is 0.667. The highest BCUT2D eigenvalue weighted by atomic mass is 16.5. The van der Waals surface area contributed by atoms with E-state index in [1.165, 1.54) is 12.0 Å². The van der Waals surface area contributed by atoms with Gasteiger partial charge in [0.2, 0.25) is 17.7 Å². The molecule has 90 valence electrons. The number of hydrogen-bond donors (Lipinski definition) is 2. The molecule has 16 heavy (non-hydrogen) atoms. The largest absolute Gasteiger partial charge is 0.380 e. The first kappa shape index (κ1) is 12.6. The Hall–Kier alpha value is -1.47. The summed E-state index contributed by atoms with van der Waals surface area (Å²) in [5.41, 5.74) is 5.37. The number of carbonyl (C=O) groups is 3.